The molecule has 1 unspecified atom stereocenters. The van der Waals surface area contributed by atoms with Gasteiger partial charge in [-0.1, -0.05) is 5.16 Å². The molecule has 0 aliphatic heterocycles. The van der Waals surface area contributed by atoms with Gasteiger partial charge in [-0.05, 0) is 26.0 Å². The number of carbonyl (C=O) groups is 3. The van der Waals surface area contributed by atoms with Crippen LogP contribution in [0.25, 0.3) is 0 Å². The minimum absolute atomic E-state index is 0.162. The second kappa shape index (κ2) is 8.19. The molecular weight excluding hydrogens is 352 g/mol. The number of anilines is 1. The zero-order valence-electron chi connectivity index (χ0n) is 13.8. The molecule has 1 heterocycles. The summed E-state index contributed by atoms with van der Waals surface area (Å²) in [5.41, 5.74) is -0.425. The van der Waals surface area contributed by atoms with E-state index < -0.39 is 47.6 Å². The molecule has 8 nitrogen and oxygen atoms in total. The fourth-order valence-electron chi connectivity index (χ4n) is 1.87. The number of carbonyl (C=O) groups excluding carboxylic acids is 3. The van der Waals surface area contributed by atoms with Gasteiger partial charge in [-0.15, -0.1) is 0 Å². The van der Waals surface area contributed by atoms with E-state index in [1.165, 1.54) is 13.0 Å². The summed E-state index contributed by atoms with van der Waals surface area (Å²) >= 11 is 0. The van der Waals surface area contributed by atoms with Gasteiger partial charge in [0.25, 0.3) is 11.8 Å². The van der Waals surface area contributed by atoms with E-state index in [0.717, 1.165) is 12.1 Å². The molecule has 0 fully saturated rings. The molecule has 0 spiro atoms. The van der Waals surface area contributed by atoms with E-state index in [1.54, 1.807) is 6.92 Å². The molecule has 26 heavy (non-hydrogen) atoms. The monoisotopic (exact) mass is 367 g/mol. The maximum atomic E-state index is 13.5. The molecule has 0 saturated carbocycles. The Bertz CT molecular complexity index is 837. The Hall–Kier alpha value is -3.30. The highest BCUT2D eigenvalue weighted by atomic mass is 19.1. The topological polar surface area (TPSA) is 111 Å². The second-order valence-electron chi connectivity index (χ2n) is 5.25. The van der Waals surface area contributed by atoms with Crippen molar-refractivity contribution in [2.75, 3.05) is 11.9 Å². The number of hydrogen-bond donors (Lipinski definition) is 2. The second-order valence-corrected chi connectivity index (χ2v) is 5.25. The van der Waals surface area contributed by atoms with Crippen molar-refractivity contribution in [2.45, 2.75) is 20.0 Å². The molecule has 1 atom stereocenters. The molecule has 0 aliphatic rings. The number of ether oxygens (including phenoxy) is 1. The lowest BCUT2D eigenvalue weighted by Gasteiger charge is -2.12. The quantitative estimate of drug-likeness (QED) is 0.750. The van der Waals surface area contributed by atoms with Crippen molar-refractivity contribution in [1.29, 1.82) is 0 Å². The van der Waals surface area contributed by atoms with Gasteiger partial charge in [-0.25, -0.2) is 8.78 Å². The van der Waals surface area contributed by atoms with Crippen molar-refractivity contribution < 1.29 is 32.4 Å². The van der Waals surface area contributed by atoms with E-state index in [9.17, 15) is 23.2 Å². The van der Waals surface area contributed by atoms with Crippen LogP contribution in [0.1, 0.15) is 23.0 Å². The van der Waals surface area contributed by atoms with Crippen LogP contribution in [-0.2, 0) is 14.3 Å². The van der Waals surface area contributed by atoms with Crippen molar-refractivity contribution in [3.63, 3.8) is 0 Å². The normalized spacial score (nSPS) is 11.5. The van der Waals surface area contributed by atoms with E-state index in [2.05, 4.69) is 15.8 Å². The molecule has 10 heteroatoms. The summed E-state index contributed by atoms with van der Waals surface area (Å²) in [5, 5.41) is 8.06. The maximum absolute atomic E-state index is 13.5. The third kappa shape index (κ3) is 5.10. The molecule has 1 aromatic heterocycles. The first-order chi connectivity index (χ1) is 12.3. The van der Waals surface area contributed by atoms with Crippen LogP contribution in [-0.4, -0.2) is 35.6 Å². The van der Waals surface area contributed by atoms with Crippen molar-refractivity contribution in [3.05, 3.63) is 47.2 Å². The highest BCUT2D eigenvalue weighted by Crippen LogP contribution is 2.10. The fraction of sp³-hybridized carbons (Fsp3) is 0.250. The smallest absolute Gasteiger partial charge is 0.326 e. The van der Waals surface area contributed by atoms with Gasteiger partial charge < -0.3 is 19.9 Å². The number of aromatic nitrogens is 1. The minimum atomic E-state index is -1.17. The molecule has 0 aliphatic carbocycles. The van der Waals surface area contributed by atoms with Gasteiger partial charge in [-0.2, -0.15) is 0 Å². The third-order valence-electron chi connectivity index (χ3n) is 3.13. The standard InChI is InChI=1S/C16H15F2N3O5/c1-8-5-13(21-26-8)20-15(23)9(2)25-14(22)7-19-16(24)11-4-3-10(17)6-12(11)18/h3-6,9H,7H2,1-2H3,(H,19,24)(H,20,21,23). The van der Waals surface area contributed by atoms with Crippen LogP contribution < -0.4 is 10.6 Å². The molecule has 138 valence electrons. The Morgan fingerprint density at radius 3 is 2.62 bits per heavy atom. The first-order valence-corrected chi connectivity index (χ1v) is 7.43. The Morgan fingerprint density at radius 1 is 1.27 bits per heavy atom. The highest BCUT2D eigenvalue weighted by Gasteiger charge is 2.20. The lowest BCUT2D eigenvalue weighted by atomic mass is 10.2. The van der Waals surface area contributed by atoms with E-state index in [1.807, 2.05) is 0 Å². The zero-order valence-corrected chi connectivity index (χ0v) is 13.8. The summed E-state index contributed by atoms with van der Waals surface area (Å²) in [6.07, 6.45) is -1.17. The SMILES string of the molecule is Cc1cc(NC(=O)C(C)OC(=O)CNC(=O)c2ccc(F)cc2F)no1. The van der Waals surface area contributed by atoms with E-state index in [-0.39, 0.29) is 5.82 Å². The van der Waals surface area contributed by atoms with E-state index in [4.69, 9.17) is 9.26 Å². The molecule has 2 amide bonds. The van der Waals surface area contributed by atoms with E-state index in [0.29, 0.717) is 11.8 Å². The molecule has 2 N–H and O–H groups in total. The fourth-order valence-corrected chi connectivity index (χ4v) is 1.87. The maximum Gasteiger partial charge on any atom is 0.326 e. The van der Waals surface area contributed by atoms with E-state index >= 15 is 0 Å². The van der Waals surface area contributed by atoms with Crippen LogP contribution in [0, 0.1) is 18.6 Å². The number of rotatable bonds is 6. The predicted octanol–water partition coefficient (Wildman–Crippen LogP) is 1.56. The first-order valence-electron chi connectivity index (χ1n) is 7.43. The average Bonchev–Trinajstić information content (AvgIpc) is 2.97. The highest BCUT2D eigenvalue weighted by molar-refractivity contribution is 5.97. The van der Waals surface area contributed by atoms with Gasteiger partial charge in [0, 0.05) is 12.1 Å². The summed E-state index contributed by atoms with van der Waals surface area (Å²) in [7, 11) is 0. The largest absolute Gasteiger partial charge is 0.451 e. The van der Waals surface area contributed by atoms with Crippen LogP contribution >= 0.6 is 0 Å². The van der Waals surface area contributed by atoms with Crippen LogP contribution in [0.4, 0.5) is 14.6 Å². The Morgan fingerprint density at radius 2 is 2.00 bits per heavy atom. The van der Waals surface area contributed by atoms with Crippen LogP contribution in [0.3, 0.4) is 0 Å². The van der Waals surface area contributed by atoms with Gasteiger partial charge in [0.05, 0.1) is 5.56 Å². The summed E-state index contributed by atoms with van der Waals surface area (Å²) in [6.45, 7) is 2.36. The van der Waals surface area contributed by atoms with Gasteiger partial charge in [0.15, 0.2) is 11.9 Å². The lowest BCUT2D eigenvalue weighted by Crippen LogP contribution is -2.36. The molecule has 0 saturated heterocycles. The van der Waals surface area contributed by atoms with Crippen molar-refractivity contribution in [3.8, 4) is 0 Å². The Balaban J connectivity index is 1.82. The van der Waals surface area contributed by atoms with Crippen molar-refractivity contribution >= 4 is 23.6 Å². The average molecular weight is 367 g/mol. The number of amides is 2. The van der Waals surface area contributed by atoms with Gasteiger partial charge in [0.2, 0.25) is 0 Å². The molecular formula is C16H15F2N3O5. The molecule has 2 aromatic rings. The summed E-state index contributed by atoms with van der Waals surface area (Å²) in [5.74, 6) is -3.74. The number of aryl methyl sites for hydroxylation is 1. The predicted molar refractivity (Wildman–Crippen MR) is 84.1 cm³/mol. The number of benzene rings is 1. The van der Waals surface area contributed by atoms with Crippen molar-refractivity contribution in [1.82, 2.24) is 10.5 Å². The lowest BCUT2D eigenvalue weighted by molar-refractivity contribution is -0.152. The minimum Gasteiger partial charge on any atom is -0.451 e. The van der Waals surface area contributed by atoms with Gasteiger partial charge in [-0.3, -0.25) is 14.4 Å². The summed E-state index contributed by atoms with van der Waals surface area (Å²) in [6, 6.07) is 3.88. The van der Waals surface area contributed by atoms with Crippen LogP contribution in [0.2, 0.25) is 0 Å². The zero-order chi connectivity index (χ0) is 19.3. The Labute approximate surface area is 146 Å². The van der Waals surface area contributed by atoms with Gasteiger partial charge in [0.1, 0.15) is 23.9 Å². The summed E-state index contributed by atoms with van der Waals surface area (Å²) < 4.78 is 35.9. The number of nitrogens with zero attached hydrogens (tertiary/aromatic N) is 1. The van der Waals surface area contributed by atoms with Crippen LogP contribution in [0.15, 0.2) is 28.8 Å². The molecule has 0 bridgehead atoms. The molecule has 0 radical (unpaired) electrons. The third-order valence-corrected chi connectivity index (χ3v) is 3.13. The first kappa shape index (κ1) is 19.0. The number of halogens is 2. The Kier molecular flexibility index (Phi) is 5.99. The van der Waals surface area contributed by atoms with Crippen molar-refractivity contribution in [2.24, 2.45) is 0 Å². The van der Waals surface area contributed by atoms with Crippen LogP contribution in [0.5, 0.6) is 0 Å². The molecule has 1 aromatic carbocycles. The summed E-state index contributed by atoms with van der Waals surface area (Å²) in [4.78, 5) is 35.3. The number of esters is 1. The van der Waals surface area contributed by atoms with Gasteiger partial charge >= 0.3 is 5.97 Å². The molecule has 2 rings (SSSR count). The number of hydrogen-bond acceptors (Lipinski definition) is 6. The number of nitrogens with one attached hydrogen (secondary N) is 2.